The Morgan fingerprint density at radius 1 is 1.30 bits per heavy atom. The molecule has 0 atom stereocenters. The number of carbonyl (C=O) groups is 1. The molecule has 0 aliphatic carbocycles. The molecule has 0 aliphatic heterocycles. The maximum Gasteiger partial charge on any atom is 0.230 e. The number of amides is 1. The highest BCUT2D eigenvalue weighted by molar-refractivity contribution is 8.00. The maximum absolute atomic E-state index is 11.7. The average Bonchev–Trinajstić information content (AvgIpc) is 2.43. The number of benzene rings is 1. The van der Waals surface area contributed by atoms with E-state index in [1.807, 2.05) is 0 Å². The van der Waals surface area contributed by atoms with Crippen LogP contribution < -0.4 is 5.32 Å². The molecular weight excluding hydrogens is 290 g/mol. The average molecular weight is 313 g/mol. The van der Waals surface area contributed by atoms with E-state index < -0.39 is 0 Å². The van der Waals surface area contributed by atoms with Crippen LogP contribution in [-0.4, -0.2) is 41.4 Å². The number of hydrogen-bond donors (Lipinski definition) is 2. The van der Waals surface area contributed by atoms with Gasteiger partial charge in [-0.2, -0.15) is 11.8 Å². The number of thioether (sulfide) groups is 2. The zero-order chi connectivity index (χ0) is 14.8. The molecule has 2 N–H and O–H groups in total. The van der Waals surface area contributed by atoms with Gasteiger partial charge in [0.2, 0.25) is 5.91 Å². The number of aliphatic hydroxyl groups excluding tert-OH is 1. The number of aliphatic hydroxyl groups is 1. The monoisotopic (exact) mass is 313 g/mol. The van der Waals surface area contributed by atoms with Gasteiger partial charge in [-0.15, -0.1) is 11.8 Å². The molecule has 0 saturated carbocycles. The summed E-state index contributed by atoms with van der Waals surface area (Å²) in [4.78, 5) is 12.9. The lowest BCUT2D eigenvalue weighted by atomic mass is 10.2. The van der Waals surface area contributed by atoms with Crippen molar-refractivity contribution >= 4 is 29.4 Å². The van der Waals surface area contributed by atoms with Crippen molar-refractivity contribution in [2.24, 2.45) is 0 Å². The number of aryl methyl sites for hydroxylation is 2. The van der Waals surface area contributed by atoms with Gasteiger partial charge in [0.05, 0.1) is 5.75 Å². The molecular formula is C15H23NO2S2. The van der Waals surface area contributed by atoms with Crippen LogP contribution in [0.1, 0.15) is 17.5 Å². The van der Waals surface area contributed by atoms with Crippen molar-refractivity contribution in [2.75, 3.05) is 30.4 Å². The molecule has 112 valence electrons. The van der Waals surface area contributed by atoms with Gasteiger partial charge < -0.3 is 10.4 Å². The van der Waals surface area contributed by atoms with Crippen molar-refractivity contribution in [3.63, 3.8) is 0 Å². The van der Waals surface area contributed by atoms with Crippen LogP contribution >= 0.6 is 23.5 Å². The first-order chi connectivity index (χ1) is 9.63. The Labute approximate surface area is 129 Å². The first kappa shape index (κ1) is 17.4. The van der Waals surface area contributed by atoms with E-state index in [1.165, 1.54) is 16.0 Å². The first-order valence-corrected chi connectivity index (χ1v) is 8.93. The van der Waals surface area contributed by atoms with E-state index in [2.05, 4.69) is 37.4 Å². The van der Waals surface area contributed by atoms with Crippen LogP contribution in [0.2, 0.25) is 0 Å². The van der Waals surface area contributed by atoms with Crippen LogP contribution in [0.25, 0.3) is 0 Å². The van der Waals surface area contributed by atoms with Gasteiger partial charge in [-0.05, 0) is 37.7 Å². The Morgan fingerprint density at radius 3 is 2.85 bits per heavy atom. The second-order valence-electron chi connectivity index (χ2n) is 4.60. The highest BCUT2D eigenvalue weighted by Gasteiger charge is 2.04. The van der Waals surface area contributed by atoms with Crippen LogP contribution in [0.4, 0.5) is 0 Å². The fraction of sp³-hybridized carbons (Fsp3) is 0.533. The van der Waals surface area contributed by atoms with E-state index in [0.29, 0.717) is 12.3 Å². The predicted octanol–water partition coefficient (Wildman–Crippen LogP) is 2.63. The number of rotatable bonds is 9. The minimum Gasteiger partial charge on any atom is -0.396 e. The molecule has 3 nitrogen and oxygen atoms in total. The highest BCUT2D eigenvalue weighted by atomic mass is 32.2. The lowest BCUT2D eigenvalue weighted by Crippen LogP contribution is -2.27. The summed E-state index contributed by atoms with van der Waals surface area (Å²) in [5.74, 6) is 2.40. The Kier molecular flexibility index (Phi) is 8.82. The quantitative estimate of drug-likeness (QED) is 0.543. The number of nitrogens with one attached hydrogen (secondary N) is 1. The Morgan fingerprint density at radius 2 is 2.10 bits per heavy atom. The van der Waals surface area contributed by atoms with E-state index in [9.17, 15) is 4.79 Å². The molecule has 1 aromatic carbocycles. The van der Waals surface area contributed by atoms with Gasteiger partial charge >= 0.3 is 0 Å². The number of hydrogen-bond acceptors (Lipinski definition) is 4. The standard InChI is InChI=1S/C15H23NO2S2/c1-12-4-5-13(2)14(10-12)20-11-15(18)16-6-9-19-8-3-7-17/h4-5,10,17H,3,6-9,11H2,1-2H3,(H,16,18). The summed E-state index contributed by atoms with van der Waals surface area (Å²) in [6.45, 7) is 5.07. The fourth-order valence-corrected chi connectivity index (χ4v) is 3.33. The van der Waals surface area contributed by atoms with Crippen LogP contribution in [0, 0.1) is 13.8 Å². The van der Waals surface area contributed by atoms with Crippen molar-refractivity contribution in [2.45, 2.75) is 25.2 Å². The molecule has 0 aromatic heterocycles. The lowest BCUT2D eigenvalue weighted by molar-refractivity contribution is -0.118. The van der Waals surface area contributed by atoms with E-state index in [-0.39, 0.29) is 12.5 Å². The minimum atomic E-state index is 0.0821. The first-order valence-electron chi connectivity index (χ1n) is 6.79. The van der Waals surface area contributed by atoms with E-state index in [4.69, 9.17) is 5.11 Å². The second-order valence-corrected chi connectivity index (χ2v) is 6.84. The van der Waals surface area contributed by atoms with Crippen molar-refractivity contribution in [3.8, 4) is 0 Å². The molecule has 0 radical (unpaired) electrons. The molecule has 0 bridgehead atoms. The molecule has 1 aromatic rings. The lowest BCUT2D eigenvalue weighted by Gasteiger charge is -2.07. The van der Waals surface area contributed by atoms with Crippen LogP contribution in [0.5, 0.6) is 0 Å². The minimum absolute atomic E-state index is 0.0821. The van der Waals surface area contributed by atoms with Gasteiger partial charge in [0, 0.05) is 23.8 Å². The van der Waals surface area contributed by atoms with Crippen LogP contribution in [0.3, 0.4) is 0 Å². The third-order valence-electron chi connectivity index (χ3n) is 2.72. The molecule has 1 rings (SSSR count). The Bertz CT molecular complexity index is 424. The summed E-state index contributed by atoms with van der Waals surface area (Å²) in [6, 6.07) is 6.30. The highest BCUT2D eigenvalue weighted by Crippen LogP contribution is 2.23. The van der Waals surface area contributed by atoms with Crippen molar-refractivity contribution in [1.29, 1.82) is 0 Å². The number of carbonyl (C=O) groups excluding carboxylic acids is 1. The molecule has 0 saturated heterocycles. The van der Waals surface area contributed by atoms with Crippen molar-refractivity contribution in [1.82, 2.24) is 5.32 Å². The van der Waals surface area contributed by atoms with Crippen molar-refractivity contribution < 1.29 is 9.90 Å². The van der Waals surface area contributed by atoms with Gasteiger partial charge in [0.1, 0.15) is 0 Å². The van der Waals surface area contributed by atoms with Gasteiger partial charge in [0.15, 0.2) is 0 Å². The molecule has 0 unspecified atom stereocenters. The SMILES string of the molecule is Cc1ccc(C)c(SCC(=O)NCCSCCCO)c1. The third-order valence-corrected chi connectivity index (χ3v) is 4.95. The summed E-state index contributed by atoms with van der Waals surface area (Å²) in [5, 5.41) is 11.6. The van der Waals surface area contributed by atoms with Crippen LogP contribution in [0.15, 0.2) is 23.1 Å². The van der Waals surface area contributed by atoms with Crippen molar-refractivity contribution in [3.05, 3.63) is 29.3 Å². The van der Waals surface area contributed by atoms with Gasteiger partial charge in [-0.1, -0.05) is 17.7 Å². The van der Waals surface area contributed by atoms with Gasteiger partial charge in [-0.25, -0.2) is 0 Å². The smallest absolute Gasteiger partial charge is 0.230 e. The van der Waals surface area contributed by atoms with E-state index in [0.717, 1.165) is 17.9 Å². The normalized spacial score (nSPS) is 10.6. The summed E-state index contributed by atoms with van der Waals surface area (Å²) in [5.41, 5.74) is 2.44. The Balaban J connectivity index is 2.18. The topological polar surface area (TPSA) is 49.3 Å². The Hall–Kier alpha value is -0.650. The molecule has 0 aliphatic rings. The summed E-state index contributed by atoms with van der Waals surface area (Å²) >= 11 is 3.35. The summed E-state index contributed by atoms with van der Waals surface area (Å²) in [6.07, 6.45) is 0.821. The van der Waals surface area contributed by atoms with Crippen LogP contribution in [-0.2, 0) is 4.79 Å². The zero-order valence-corrected chi connectivity index (χ0v) is 13.8. The summed E-state index contributed by atoms with van der Waals surface area (Å²) in [7, 11) is 0. The second kappa shape index (κ2) is 10.1. The molecule has 0 spiro atoms. The third kappa shape index (κ3) is 7.22. The molecule has 5 heteroatoms. The van der Waals surface area contributed by atoms with Gasteiger partial charge in [-0.3, -0.25) is 4.79 Å². The molecule has 20 heavy (non-hydrogen) atoms. The van der Waals surface area contributed by atoms with Gasteiger partial charge in [0.25, 0.3) is 0 Å². The zero-order valence-electron chi connectivity index (χ0n) is 12.1. The molecule has 1 amide bonds. The maximum atomic E-state index is 11.7. The van der Waals surface area contributed by atoms with E-state index >= 15 is 0 Å². The summed E-state index contributed by atoms with van der Waals surface area (Å²) < 4.78 is 0. The largest absolute Gasteiger partial charge is 0.396 e. The predicted molar refractivity (Wildman–Crippen MR) is 88.7 cm³/mol. The molecule has 0 fully saturated rings. The van der Waals surface area contributed by atoms with E-state index in [1.54, 1.807) is 23.5 Å². The fourth-order valence-electron chi connectivity index (χ4n) is 1.59. The molecule has 0 heterocycles.